The summed E-state index contributed by atoms with van der Waals surface area (Å²) in [6, 6.07) is 8.31. The first-order chi connectivity index (χ1) is 8.72. The van der Waals surface area contributed by atoms with Crippen molar-refractivity contribution in [2.24, 2.45) is 0 Å². The molecule has 2 rings (SSSR count). The number of rotatable bonds is 6. The van der Waals surface area contributed by atoms with Crippen LogP contribution in [-0.2, 0) is 6.54 Å². The molecular weight excluding hydrogens is 224 g/mol. The van der Waals surface area contributed by atoms with Crippen molar-refractivity contribution in [1.82, 2.24) is 14.5 Å². The van der Waals surface area contributed by atoms with Gasteiger partial charge in [-0.05, 0) is 32.6 Å². The maximum absolute atomic E-state index is 4.66. The molecule has 0 atom stereocenters. The summed E-state index contributed by atoms with van der Waals surface area (Å²) in [6.07, 6.45) is 1.11. The Hall–Kier alpha value is -1.55. The molecular formula is C14H22N4. The SMILES string of the molecule is CCCNc1nc2ccccc2n1CCN(C)C. The predicted molar refractivity (Wildman–Crippen MR) is 77.1 cm³/mol. The van der Waals surface area contributed by atoms with Crippen molar-refractivity contribution in [3.05, 3.63) is 24.3 Å². The molecule has 4 nitrogen and oxygen atoms in total. The molecule has 0 saturated carbocycles. The summed E-state index contributed by atoms with van der Waals surface area (Å²) in [5.74, 6) is 0.986. The molecule has 0 amide bonds. The van der Waals surface area contributed by atoms with Crippen LogP contribution < -0.4 is 5.32 Å². The lowest BCUT2D eigenvalue weighted by molar-refractivity contribution is 0.387. The number of fused-ring (bicyclic) bond motifs is 1. The quantitative estimate of drug-likeness (QED) is 0.849. The number of nitrogens with zero attached hydrogens (tertiary/aromatic N) is 3. The highest BCUT2D eigenvalue weighted by atomic mass is 15.2. The van der Waals surface area contributed by atoms with E-state index in [0.717, 1.165) is 37.5 Å². The van der Waals surface area contributed by atoms with Crippen LogP contribution in [0.5, 0.6) is 0 Å². The number of likely N-dealkylation sites (N-methyl/N-ethyl adjacent to an activating group) is 1. The number of hydrogen-bond donors (Lipinski definition) is 1. The fourth-order valence-electron chi connectivity index (χ4n) is 1.97. The molecule has 0 fully saturated rings. The van der Waals surface area contributed by atoms with E-state index in [1.54, 1.807) is 0 Å². The van der Waals surface area contributed by atoms with Gasteiger partial charge in [0.15, 0.2) is 0 Å². The van der Waals surface area contributed by atoms with E-state index in [-0.39, 0.29) is 0 Å². The Labute approximate surface area is 109 Å². The number of anilines is 1. The predicted octanol–water partition coefficient (Wildman–Crippen LogP) is 2.42. The van der Waals surface area contributed by atoms with Gasteiger partial charge >= 0.3 is 0 Å². The Morgan fingerprint density at radius 2 is 2.06 bits per heavy atom. The third kappa shape index (κ3) is 2.82. The molecule has 18 heavy (non-hydrogen) atoms. The number of imidazole rings is 1. The van der Waals surface area contributed by atoms with Gasteiger partial charge < -0.3 is 14.8 Å². The fraction of sp³-hybridized carbons (Fsp3) is 0.500. The Morgan fingerprint density at radius 1 is 1.28 bits per heavy atom. The summed E-state index contributed by atoms with van der Waals surface area (Å²) >= 11 is 0. The highest BCUT2D eigenvalue weighted by Crippen LogP contribution is 2.19. The van der Waals surface area contributed by atoms with Gasteiger partial charge in [-0.2, -0.15) is 0 Å². The van der Waals surface area contributed by atoms with E-state index < -0.39 is 0 Å². The average Bonchev–Trinajstić information content (AvgIpc) is 2.71. The van der Waals surface area contributed by atoms with E-state index in [1.165, 1.54) is 5.52 Å². The molecule has 4 heteroatoms. The largest absolute Gasteiger partial charge is 0.356 e. The zero-order valence-corrected chi connectivity index (χ0v) is 11.5. The van der Waals surface area contributed by atoms with Gasteiger partial charge in [0, 0.05) is 19.6 Å². The minimum absolute atomic E-state index is 0.958. The van der Waals surface area contributed by atoms with Crippen LogP contribution >= 0.6 is 0 Å². The zero-order valence-electron chi connectivity index (χ0n) is 11.5. The average molecular weight is 246 g/mol. The van der Waals surface area contributed by atoms with Gasteiger partial charge in [0.05, 0.1) is 11.0 Å². The molecule has 1 N–H and O–H groups in total. The Kier molecular flexibility index (Phi) is 4.20. The van der Waals surface area contributed by atoms with E-state index in [2.05, 4.69) is 59.0 Å². The number of nitrogens with one attached hydrogen (secondary N) is 1. The zero-order chi connectivity index (χ0) is 13.0. The van der Waals surface area contributed by atoms with Gasteiger partial charge in [-0.25, -0.2) is 4.98 Å². The highest BCUT2D eigenvalue weighted by molar-refractivity contribution is 5.78. The standard InChI is InChI=1S/C14H22N4/c1-4-9-15-14-16-12-7-5-6-8-13(12)18(14)11-10-17(2)3/h5-8H,4,9-11H2,1-3H3,(H,15,16). The molecule has 1 aromatic heterocycles. The first-order valence-electron chi connectivity index (χ1n) is 6.56. The molecule has 1 heterocycles. The lowest BCUT2D eigenvalue weighted by Crippen LogP contribution is -2.19. The fourth-order valence-corrected chi connectivity index (χ4v) is 1.97. The topological polar surface area (TPSA) is 33.1 Å². The minimum Gasteiger partial charge on any atom is -0.356 e. The van der Waals surface area contributed by atoms with Crippen molar-refractivity contribution >= 4 is 17.0 Å². The smallest absolute Gasteiger partial charge is 0.203 e. The van der Waals surface area contributed by atoms with Gasteiger partial charge in [0.1, 0.15) is 0 Å². The molecule has 0 unspecified atom stereocenters. The van der Waals surface area contributed by atoms with Crippen molar-refractivity contribution in [3.8, 4) is 0 Å². The van der Waals surface area contributed by atoms with E-state index in [9.17, 15) is 0 Å². The second kappa shape index (κ2) is 5.87. The van der Waals surface area contributed by atoms with Crippen LogP contribution in [0.3, 0.4) is 0 Å². The van der Waals surface area contributed by atoms with Gasteiger partial charge in [-0.3, -0.25) is 0 Å². The van der Waals surface area contributed by atoms with E-state index in [4.69, 9.17) is 0 Å². The van der Waals surface area contributed by atoms with Crippen LogP contribution in [0.25, 0.3) is 11.0 Å². The molecule has 0 spiro atoms. The van der Waals surface area contributed by atoms with Crippen LogP contribution in [-0.4, -0.2) is 41.6 Å². The number of para-hydroxylation sites is 2. The van der Waals surface area contributed by atoms with Crippen molar-refractivity contribution < 1.29 is 0 Å². The van der Waals surface area contributed by atoms with E-state index >= 15 is 0 Å². The number of aromatic nitrogens is 2. The highest BCUT2D eigenvalue weighted by Gasteiger charge is 2.09. The van der Waals surface area contributed by atoms with Crippen LogP contribution in [0.1, 0.15) is 13.3 Å². The first-order valence-corrected chi connectivity index (χ1v) is 6.56. The van der Waals surface area contributed by atoms with Crippen LogP contribution in [0.4, 0.5) is 5.95 Å². The molecule has 0 radical (unpaired) electrons. The lowest BCUT2D eigenvalue weighted by Gasteiger charge is -2.13. The molecule has 1 aromatic carbocycles. The molecule has 0 aliphatic carbocycles. The minimum atomic E-state index is 0.958. The van der Waals surface area contributed by atoms with Gasteiger partial charge in [-0.15, -0.1) is 0 Å². The summed E-state index contributed by atoms with van der Waals surface area (Å²) in [5.41, 5.74) is 2.27. The normalized spacial score (nSPS) is 11.3. The van der Waals surface area contributed by atoms with Crippen molar-refractivity contribution in [3.63, 3.8) is 0 Å². The first kappa shape index (κ1) is 12.9. The molecule has 0 aliphatic rings. The van der Waals surface area contributed by atoms with Crippen LogP contribution in [0, 0.1) is 0 Å². The maximum atomic E-state index is 4.66. The molecule has 0 aliphatic heterocycles. The third-order valence-electron chi connectivity index (χ3n) is 2.96. The third-order valence-corrected chi connectivity index (χ3v) is 2.96. The Balaban J connectivity index is 2.31. The molecule has 98 valence electrons. The second-order valence-electron chi connectivity index (χ2n) is 4.81. The van der Waals surface area contributed by atoms with Crippen molar-refractivity contribution in [1.29, 1.82) is 0 Å². The molecule has 0 bridgehead atoms. The molecule has 2 aromatic rings. The summed E-state index contributed by atoms with van der Waals surface area (Å²) in [7, 11) is 4.19. The Morgan fingerprint density at radius 3 is 2.78 bits per heavy atom. The maximum Gasteiger partial charge on any atom is 0.203 e. The Bertz CT molecular complexity index is 501. The van der Waals surface area contributed by atoms with Crippen LogP contribution in [0.15, 0.2) is 24.3 Å². The lowest BCUT2D eigenvalue weighted by atomic mass is 10.3. The molecule has 0 saturated heterocycles. The summed E-state index contributed by atoms with van der Waals surface area (Å²) in [5, 5.41) is 3.41. The number of hydrogen-bond acceptors (Lipinski definition) is 3. The summed E-state index contributed by atoms with van der Waals surface area (Å²) < 4.78 is 2.27. The van der Waals surface area contributed by atoms with Crippen LogP contribution in [0.2, 0.25) is 0 Å². The summed E-state index contributed by atoms with van der Waals surface area (Å²) in [4.78, 5) is 6.85. The van der Waals surface area contributed by atoms with Crippen molar-refractivity contribution in [2.75, 3.05) is 32.5 Å². The van der Waals surface area contributed by atoms with Gasteiger partial charge in [0.25, 0.3) is 0 Å². The van der Waals surface area contributed by atoms with Crippen molar-refractivity contribution in [2.45, 2.75) is 19.9 Å². The second-order valence-corrected chi connectivity index (χ2v) is 4.81. The van der Waals surface area contributed by atoms with Gasteiger partial charge in [0.2, 0.25) is 5.95 Å². The monoisotopic (exact) mass is 246 g/mol. The van der Waals surface area contributed by atoms with E-state index in [1.807, 2.05) is 6.07 Å². The summed E-state index contributed by atoms with van der Waals surface area (Å²) in [6.45, 7) is 5.10. The number of benzene rings is 1. The van der Waals surface area contributed by atoms with E-state index in [0.29, 0.717) is 0 Å². The van der Waals surface area contributed by atoms with Gasteiger partial charge in [-0.1, -0.05) is 19.1 Å².